The smallest absolute Gasteiger partial charge is 0.165 e. The molecule has 0 heterocycles. The molecule has 0 aliphatic rings. The van der Waals surface area contributed by atoms with Crippen molar-refractivity contribution < 1.29 is 13.5 Å². The molecule has 88 valence electrons. The molecule has 0 atom stereocenters. The van der Waals surface area contributed by atoms with Crippen LogP contribution in [0.5, 0.6) is 5.75 Å². The van der Waals surface area contributed by atoms with Gasteiger partial charge in [0, 0.05) is 5.56 Å². The van der Waals surface area contributed by atoms with Crippen molar-refractivity contribution in [1.29, 1.82) is 0 Å². The van der Waals surface area contributed by atoms with E-state index in [1.807, 2.05) is 0 Å². The highest BCUT2D eigenvalue weighted by molar-refractivity contribution is 6.33. The van der Waals surface area contributed by atoms with Gasteiger partial charge in [0.25, 0.3) is 0 Å². The lowest BCUT2D eigenvalue weighted by Crippen LogP contribution is -1.89. The SMILES string of the molecule is COc1ccc(-c2cccc(F)c2Cl)cc1F. The first-order chi connectivity index (χ1) is 8.13. The van der Waals surface area contributed by atoms with Gasteiger partial charge in [-0.05, 0) is 23.8 Å². The van der Waals surface area contributed by atoms with E-state index in [0.717, 1.165) is 0 Å². The molecule has 0 aliphatic carbocycles. The van der Waals surface area contributed by atoms with Gasteiger partial charge in [-0.3, -0.25) is 0 Å². The summed E-state index contributed by atoms with van der Waals surface area (Å²) in [6, 6.07) is 8.78. The lowest BCUT2D eigenvalue weighted by molar-refractivity contribution is 0.386. The average molecular weight is 255 g/mol. The summed E-state index contributed by atoms with van der Waals surface area (Å²) in [5.41, 5.74) is 0.959. The molecular weight excluding hydrogens is 246 g/mol. The maximum absolute atomic E-state index is 13.5. The Morgan fingerprint density at radius 1 is 1.06 bits per heavy atom. The molecular formula is C13H9ClF2O. The van der Waals surface area contributed by atoms with Crippen molar-refractivity contribution in [1.82, 2.24) is 0 Å². The molecule has 0 amide bonds. The van der Waals surface area contributed by atoms with Gasteiger partial charge >= 0.3 is 0 Å². The predicted octanol–water partition coefficient (Wildman–Crippen LogP) is 4.29. The molecule has 17 heavy (non-hydrogen) atoms. The van der Waals surface area contributed by atoms with Crippen LogP contribution < -0.4 is 4.74 Å². The summed E-state index contributed by atoms with van der Waals surface area (Å²) in [4.78, 5) is 0. The van der Waals surface area contributed by atoms with Crippen LogP contribution in [0.1, 0.15) is 0 Å². The molecule has 0 radical (unpaired) electrons. The molecule has 0 N–H and O–H groups in total. The van der Waals surface area contributed by atoms with Crippen molar-refractivity contribution >= 4 is 11.6 Å². The molecule has 0 saturated carbocycles. The normalized spacial score (nSPS) is 10.4. The van der Waals surface area contributed by atoms with Crippen molar-refractivity contribution in [2.75, 3.05) is 7.11 Å². The molecule has 0 fully saturated rings. The molecule has 4 heteroatoms. The first-order valence-corrected chi connectivity index (χ1v) is 5.29. The molecule has 1 nitrogen and oxygen atoms in total. The van der Waals surface area contributed by atoms with E-state index in [1.54, 1.807) is 12.1 Å². The predicted molar refractivity (Wildman–Crippen MR) is 63.4 cm³/mol. The molecule has 0 unspecified atom stereocenters. The largest absolute Gasteiger partial charge is 0.494 e. The zero-order valence-corrected chi connectivity index (χ0v) is 9.76. The summed E-state index contributed by atoms with van der Waals surface area (Å²) in [5, 5.41) is -0.0166. The van der Waals surface area contributed by atoms with Gasteiger partial charge in [-0.25, -0.2) is 8.78 Å². The van der Waals surface area contributed by atoms with Crippen LogP contribution in [0.4, 0.5) is 8.78 Å². The van der Waals surface area contributed by atoms with E-state index in [2.05, 4.69) is 0 Å². The fourth-order valence-electron chi connectivity index (χ4n) is 1.56. The molecule has 0 aromatic heterocycles. The molecule has 2 aromatic rings. The topological polar surface area (TPSA) is 9.23 Å². The highest BCUT2D eigenvalue weighted by atomic mass is 35.5. The minimum Gasteiger partial charge on any atom is -0.494 e. The lowest BCUT2D eigenvalue weighted by atomic mass is 10.1. The number of benzene rings is 2. The second-order valence-electron chi connectivity index (χ2n) is 3.45. The third kappa shape index (κ3) is 2.24. The standard InChI is InChI=1S/C13H9ClF2O/c1-17-12-6-5-8(7-11(12)16)9-3-2-4-10(15)13(9)14/h2-7H,1H3. The number of rotatable bonds is 2. The first kappa shape index (κ1) is 11.9. The number of hydrogen-bond donors (Lipinski definition) is 0. The Balaban J connectivity index is 2.54. The Morgan fingerprint density at radius 3 is 2.47 bits per heavy atom. The fourth-order valence-corrected chi connectivity index (χ4v) is 1.80. The van der Waals surface area contributed by atoms with E-state index in [1.165, 1.54) is 31.4 Å². The summed E-state index contributed by atoms with van der Waals surface area (Å²) >= 11 is 5.83. The Labute approximate surface area is 103 Å². The van der Waals surface area contributed by atoms with Crippen LogP contribution in [-0.4, -0.2) is 7.11 Å². The third-order valence-corrected chi connectivity index (χ3v) is 2.80. The maximum Gasteiger partial charge on any atom is 0.165 e. The van der Waals surface area contributed by atoms with Crippen LogP contribution in [0.25, 0.3) is 11.1 Å². The van der Waals surface area contributed by atoms with Gasteiger partial charge in [-0.2, -0.15) is 0 Å². The van der Waals surface area contributed by atoms with E-state index in [0.29, 0.717) is 11.1 Å². The van der Waals surface area contributed by atoms with Crippen LogP contribution in [0.15, 0.2) is 36.4 Å². The van der Waals surface area contributed by atoms with E-state index in [4.69, 9.17) is 16.3 Å². The first-order valence-electron chi connectivity index (χ1n) is 4.91. The fraction of sp³-hybridized carbons (Fsp3) is 0.0769. The molecule has 0 saturated heterocycles. The molecule has 0 aliphatic heterocycles. The number of hydrogen-bond acceptors (Lipinski definition) is 1. The van der Waals surface area contributed by atoms with E-state index < -0.39 is 11.6 Å². The summed E-state index contributed by atoms with van der Waals surface area (Å²) in [5.74, 6) is -0.896. The third-order valence-electron chi connectivity index (χ3n) is 2.41. The zero-order valence-electron chi connectivity index (χ0n) is 9.01. The van der Waals surface area contributed by atoms with Gasteiger partial charge in [0.2, 0.25) is 0 Å². The van der Waals surface area contributed by atoms with Crippen molar-refractivity contribution in [2.45, 2.75) is 0 Å². The summed E-state index contributed by atoms with van der Waals surface area (Å²) in [6.45, 7) is 0. The van der Waals surface area contributed by atoms with Crippen LogP contribution in [0.2, 0.25) is 5.02 Å². The summed E-state index contributed by atoms with van der Waals surface area (Å²) in [6.07, 6.45) is 0. The molecule has 0 spiro atoms. The highest BCUT2D eigenvalue weighted by Crippen LogP contribution is 2.32. The molecule has 2 rings (SSSR count). The van der Waals surface area contributed by atoms with Crippen molar-refractivity contribution in [3.63, 3.8) is 0 Å². The summed E-state index contributed by atoms with van der Waals surface area (Å²) < 4.78 is 31.6. The molecule has 2 aromatic carbocycles. The highest BCUT2D eigenvalue weighted by Gasteiger charge is 2.10. The van der Waals surface area contributed by atoms with Gasteiger partial charge in [-0.1, -0.05) is 29.8 Å². The van der Waals surface area contributed by atoms with Crippen LogP contribution in [-0.2, 0) is 0 Å². The van der Waals surface area contributed by atoms with Gasteiger partial charge in [0.05, 0.1) is 12.1 Å². The minimum atomic E-state index is -0.527. The van der Waals surface area contributed by atoms with E-state index in [9.17, 15) is 8.78 Å². The quantitative estimate of drug-likeness (QED) is 0.777. The molecule has 0 bridgehead atoms. The minimum absolute atomic E-state index is 0.0166. The van der Waals surface area contributed by atoms with E-state index in [-0.39, 0.29) is 10.8 Å². The van der Waals surface area contributed by atoms with Gasteiger partial charge in [0.1, 0.15) is 5.82 Å². The Hall–Kier alpha value is -1.61. The maximum atomic E-state index is 13.5. The van der Waals surface area contributed by atoms with Crippen molar-refractivity contribution in [2.24, 2.45) is 0 Å². The van der Waals surface area contributed by atoms with E-state index >= 15 is 0 Å². The van der Waals surface area contributed by atoms with Gasteiger partial charge in [0.15, 0.2) is 11.6 Å². The number of methoxy groups -OCH3 is 1. The van der Waals surface area contributed by atoms with Crippen LogP contribution in [0.3, 0.4) is 0 Å². The summed E-state index contributed by atoms with van der Waals surface area (Å²) in [7, 11) is 1.38. The zero-order chi connectivity index (χ0) is 12.4. The van der Waals surface area contributed by atoms with Crippen LogP contribution >= 0.6 is 11.6 Å². The van der Waals surface area contributed by atoms with Gasteiger partial charge in [-0.15, -0.1) is 0 Å². The Bertz CT molecular complexity index is 555. The number of halogens is 3. The monoisotopic (exact) mass is 254 g/mol. The van der Waals surface area contributed by atoms with Gasteiger partial charge < -0.3 is 4.74 Å². The van der Waals surface area contributed by atoms with Crippen molar-refractivity contribution in [3.05, 3.63) is 53.1 Å². The lowest BCUT2D eigenvalue weighted by Gasteiger charge is -2.07. The second-order valence-corrected chi connectivity index (χ2v) is 3.83. The average Bonchev–Trinajstić information content (AvgIpc) is 2.32. The Kier molecular flexibility index (Phi) is 3.29. The second kappa shape index (κ2) is 4.72. The van der Waals surface area contributed by atoms with Crippen molar-refractivity contribution in [3.8, 4) is 16.9 Å². The van der Waals surface area contributed by atoms with Crippen LogP contribution in [0, 0.1) is 11.6 Å². The number of ether oxygens (including phenoxy) is 1. The Morgan fingerprint density at radius 2 is 1.82 bits per heavy atom.